The summed E-state index contributed by atoms with van der Waals surface area (Å²) in [5.41, 5.74) is 3.66. The largest absolute Gasteiger partial charge is 0.264 e. The van der Waals surface area contributed by atoms with Crippen molar-refractivity contribution in [1.29, 1.82) is 0 Å². The normalized spacial score (nSPS) is 10.2. The Bertz CT molecular complexity index is 298. The van der Waals surface area contributed by atoms with Crippen LogP contribution in [0.1, 0.15) is 5.56 Å². The van der Waals surface area contributed by atoms with Gasteiger partial charge in [-0.3, -0.25) is 10.4 Å². The molecule has 1 N–H and O–H groups in total. The molecule has 3 nitrogen and oxygen atoms in total. The van der Waals surface area contributed by atoms with Crippen LogP contribution in [0.3, 0.4) is 0 Å². The zero-order chi connectivity index (χ0) is 9.52. The zero-order valence-electron chi connectivity index (χ0n) is 7.10. The standard InChI is InChI=1S/C8H9N3S2/c1-13-8(12)11-10-6-7-3-2-4-9-5-7/h2-6H,1H3,(H,11,12)/b10-6+. The van der Waals surface area contributed by atoms with E-state index in [-0.39, 0.29) is 0 Å². The molecule has 68 valence electrons. The SMILES string of the molecule is CSC(=S)N/N=C/c1cccnc1. The molecule has 0 spiro atoms. The Morgan fingerprint density at radius 1 is 1.77 bits per heavy atom. The van der Waals surface area contributed by atoms with Gasteiger partial charge in [0.25, 0.3) is 0 Å². The van der Waals surface area contributed by atoms with Crippen molar-refractivity contribution in [3.63, 3.8) is 0 Å². The number of hydrogen-bond donors (Lipinski definition) is 1. The monoisotopic (exact) mass is 211 g/mol. The molecule has 0 saturated heterocycles. The first-order valence-corrected chi connectivity index (χ1v) is 5.23. The van der Waals surface area contributed by atoms with Gasteiger partial charge < -0.3 is 0 Å². The van der Waals surface area contributed by atoms with Gasteiger partial charge in [-0.05, 0) is 12.3 Å². The molecule has 0 unspecified atom stereocenters. The van der Waals surface area contributed by atoms with Crippen LogP contribution in [0.15, 0.2) is 29.6 Å². The molecule has 0 saturated carbocycles. The Kier molecular flexibility index (Phi) is 4.42. The van der Waals surface area contributed by atoms with E-state index in [2.05, 4.69) is 15.5 Å². The number of rotatable bonds is 2. The van der Waals surface area contributed by atoms with Crippen LogP contribution in [0.4, 0.5) is 0 Å². The molecule has 0 fully saturated rings. The van der Waals surface area contributed by atoms with Crippen molar-refractivity contribution in [3.8, 4) is 0 Å². The molecule has 0 atom stereocenters. The molecule has 1 aromatic rings. The van der Waals surface area contributed by atoms with Crippen molar-refractivity contribution < 1.29 is 0 Å². The zero-order valence-corrected chi connectivity index (χ0v) is 8.73. The van der Waals surface area contributed by atoms with E-state index < -0.39 is 0 Å². The van der Waals surface area contributed by atoms with E-state index in [9.17, 15) is 0 Å². The quantitative estimate of drug-likeness (QED) is 0.458. The molecule has 0 aromatic carbocycles. The Balaban J connectivity index is 2.45. The van der Waals surface area contributed by atoms with Crippen LogP contribution in [0.2, 0.25) is 0 Å². The summed E-state index contributed by atoms with van der Waals surface area (Å²) in [6.07, 6.45) is 7.02. The summed E-state index contributed by atoms with van der Waals surface area (Å²) in [6.45, 7) is 0. The van der Waals surface area contributed by atoms with E-state index >= 15 is 0 Å². The van der Waals surface area contributed by atoms with Gasteiger partial charge in [-0.2, -0.15) is 5.10 Å². The first-order chi connectivity index (χ1) is 6.33. The average Bonchev–Trinajstić information content (AvgIpc) is 2.19. The summed E-state index contributed by atoms with van der Waals surface area (Å²) in [4.78, 5) is 3.95. The molecule has 13 heavy (non-hydrogen) atoms. The predicted octanol–water partition coefficient (Wildman–Crippen LogP) is 1.65. The van der Waals surface area contributed by atoms with E-state index in [1.165, 1.54) is 11.8 Å². The molecule has 0 amide bonds. The van der Waals surface area contributed by atoms with Gasteiger partial charge in [-0.15, -0.1) is 0 Å². The van der Waals surface area contributed by atoms with Gasteiger partial charge in [0, 0.05) is 18.0 Å². The van der Waals surface area contributed by atoms with Crippen molar-refractivity contribution >= 4 is 34.5 Å². The highest BCUT2D eigenvalue weighted by Gasteiger charge is 1.87. The second-order valence-electron chi connectivity index (χ2n) is 2.15. The molecule has 0 bridgehead atoms. The lowest BCUT2D eigenvalue weighted by atomic mass is 10.3. The van der Waals surface area contributed by atoms with Crippen LogP contribution >= 0.6 is 24.0 Å². The summed E-state index contributed by atoms with van der Waals surface area (Å²) in [5, 5.41) is 3.94. The van der Waals surface area contributed by atoms with Gasteiger partial charge in [0.2, 0.25) is 0 Å². The molecule has 1 rings (SSSR count). The fourth-order valence-electron chi connectivity index (χ4n) is 0.657. The highest BCUT2D eigenvalue weighted by Crippen LogP contribution is 1.93. The molecule has 1 aromatic heterocycles. The van der Waals surface area contributed by atoms with Gasteiger partial charge in [0.1, 0.15) is 0 Å². The summed E-state index contributed by atoms with van der Waals surface area (Å²) in [7, 11) is 0. The second-order valence-corrected chi connectivity index (χ2v) is 3.63. The lowest BCUT2D eigenvalue weighted by Crippen LogP contribution is -2.10. The van der Waals surface area contributed by atoms with Crippen LogP contribution in [0, 0.1) is 0 Å². The summed E-state index contributed by atoms with van der Waals surface area (Å²) in [6, 6.07) is 3.77. The number of hydrogen-bond acceptors (Lipinski definition) is 4. The van der Waals surface area contributed by atoms with Crippen molar-refractivity contribution in [1.82, 2.24) is 10.4 Å². The first kappa shape index (κ1) is 10.1. The van der Waals surface area contributed by atoms with Gasteiger partial charge >= 0.3 is 0 Å². The minimum absolute atomic E-state index is 0.653. The maximum Gasteiger partial charge on any atom is 0.153 e. The minimum atomic E-state index is 0.653. The van der Waals surface area contributed by atoms with Crippen LogP contribution in [-0.4, -0.2) is 21.8 Å². The molecule has 0 aliphatic carbocycles. The van der Waals surface area contributed by atoms with Crippen LogP contribution in [0.5, 0.6) is 0 Å². The smallest absolute Gasteiger partial charge is 0.153 e. The third kappa shape index (κ3) is 4.00. The van der Waals surface area contributed by atoms with E-state index in [1.807, 2.05) is 18.4 Å². The Hall–Kier alpha value is -0.940. The topological polar surface area (TPSA) is 37.3 Å². The van der Waals surface area contributed by atoms with Crippen LogP contribution < -0.4 is 5.43 Å². The maximum absolute atomic E-state index is 4.89. The van der Waals surface area contributed by atoms with E-state index in [1.54, 1.807) is 18.6 Å². The third-order valence-corrected chi connectivity index (χ3v) is 2.29. The Morgan fingerprint density at radius 3 is 3.23 bits per heavy atom. The Morgan fingerprint density at radius 2 is 2.62 bits per heavy atom. The molecule has 0 radical (unpaired) electrons. The van der Waals surface area contributed by atoms with Crippen molar-refractivity contribution in [3.05, 3.63) is 30.1 Å². The third-order valence-electron chi connectivity index (χ3n) is 1.24. The van der Waals surface area contributed by atoms with E-state index in [0.717, 1.165) is 5.56 Å². The van der Waals surface area contributed by atoms with Gasteiger partial charge in [0.15, 0.2) is 4.32 Å². The number of thioether (sulfide) groups is 1. The summed E-state index contributed by atoms with van der Waals surface area (Å²) < 4.78 is 0.653. The van der Waals surface area contributed by atoms with E-state index in [0.29, 0.717) is 4.32 Å². The van der Waals surface area contributed by atoms with Crippen molar-refractivity contribution in [2.45, 2.75) is 0 Å². The number of hydrazone groups is 1. The highest BCUT2D eigenvalue weighted by atomic mass is 32.2. The number of aromatic nitrogens is 1. The van der Waals surface area contributed by atoms with Gasteiger partial charge in [0.05, 0.1) is 6.21 Å². The fourth-order valence-corrected chi connectivity index (χ4v) is 0.854. The molecule has 5 heteroatoms. The number of nitrogens with zero attached hydrogens (tertiary/aromatic N) is 2. The molecular weight excluding hydrogens is 202 g/mol. The lowest BCUT2D eigenvalue weighted by Gasteiger charge is -1.95. The Labute approximate surface area is 86.6 Å². The van der Waals surface area contributed by atoms with E-state index in [4.69, 9.17) is 12.2 Å². The summed E-state index contributed by atoms with van der Waals surface area (Å²) >= 11 is 6.34. The fraction of sp³-hybridized carbons (Fsp3) is 0.125. The lowest BCUT2D eigenvalue weighted by molar-refractivity contribution is 1.07. The first-order valence-electron chi connectivity index (χ1n) is 3.60. The van der Waals surface area contributed by atoms with Crippen molar-refractivity contribution in [2.24, 2.45) is 5.10 Å². The number of thiocarbonyl (C=S) groups is 1. The average molecular weight is 211 g/mol. The van der Waals surface area contributed by atoms with Crippen LogP contribution in [-0.2, 0) is 0 Å². The molecular formula is C8H9N3S2. The molecule has 0 aliphatic heterocycles. The van der Waals surface area contributed by atoms with Gasteiger partial charge in [-0.25, -0.2) is 0 Å². The summed E-state index contributed by atoms with van der Waals surface area (Å²) in [5.74, 6) is 0. The number of nitrogens with one attached hydrogen (secondary N) is 1. The van der Waals surface area contributed by atoms with Crippen molar-refractivity contribution in [2.75, 3.05) is 6.26 Å². The molecule has 0 aliphatic rings. The number of pyridine rings is 1. The maximum atomic E-state index is 4.89. The second kappa shape index (κ2) is 5.66. The minimum Gasteiger partial charge on any atom is -0.264 e. The molecule has 1 heterocycles. The van der Waals surface area contributed by atoms with Gasteiger partial charge in [-0.1, -0.05) is 30.0 Å². The predicted molar refractivity (Wildman–Crippen MR) is 61.1 cm³/mol. The highest BCUT2D eigenvalue weighted by molar-refractivity contribution is 8.22. The van der Waals surface area contributed by atoms with Crippen LogP contribution in [0.25, 0.3) is 0 Å².